The molecule has 2 amide bonds. The first-order valence-corrected chi connectivity index (χ1v) is 6.88. The van der Waals surface area contributed by atoms with Crippen LogP contribution in [0.1, 0.15) is 4.88 Å². The van der Waals surface area contributed by atoms with Crippen molar-refractivity contribution in [3.8, 4) is 5.75 Å². The van der Waals surface area contributed by atoms with Gasteiger partial charge in [-0.2, -0.15) is 0 Å². The fourth-order valence-electron chi connectivity index (χ4n) is 1.64. The molecule has 0 aliphatic rings. The van der Waals surface area contributed by atoms with Gasteiger partial charge in [0, 0.05) is 10.9 Å². The van der Waals surface area contributed by atoms with E-state index in [0.29, 0.717) is 12.2 Å². The van der Waals surface area contributed by atoms with Crippen molar-refractivity contribution in [2.75, 3.05) is 12.4 Å². The molecule has 0 saturated heterocycles. The predicted molar refractivity (Wildman–Crippen MR) is 79.8 cm³/mol. The van der Waals surface area contributed by atoms with Crippen molar-refractivity contribution in [3.05, 3.63) is 50.7 Å². The topological polar surface area (TPSA) is 93.5 Å². The standard InChI is InChI=1S/C13H13N3O4S/c1-20-12-7-9(16(18)19)4-5-11(12)15-13(17)14-8-10-3-2-6-21-10/h2-7H,8H2,1H3,(H2,14,15,17). The zero-order valence-electron chi connectivity index (χ0n) is 11.2. The van der Waals surface area contributed by atoms with Crippen LogP contribution < -0.4 is 15.4 Å². The molecule has 8 heteroatoms. The molecule has 7 nitrogen and oxygen atoms in total. The summed E-state index contributed by atoms with van der Waals surface area (Å²) in [6.45, 7) is 0.415. The third-order valence-electron chi connectivity index (χ3n) is 2.65. The number of non-ortho nitro benzene ring substituents is 1. The van der Waals surface area contributed by atoms with Crippen molar-refractivity contribution in [1.82, 2.24) is 5.32 Å². The Morgan fingerprint density at radius 2 is 2.24 bits per heavy atom. The Bertz CT molecular complexity index is 643. The third kappa shape index (κ3) is 3.93. The Labute approximate surface area is 124 Å². The van der Waals surface area contributed by atoms with E-state index in [9.17, 15) is 14.9 Å². The molecule has 0 unspecified atom stereocenters. The molecule has 2 rings (SSSR count). The third-order valence-corrected chi connectivity index (χ3v) is 3.52. The summed E-state index contributed by atoms with van der Waals surface area (Å²) in [5.41, 5.74) is 0.267. The number of thiophene rings is 1. The molecule has 0 bridgehead atoms. The lowest BCUT2D eigenvalue weighted by Crippen LogP contribution is -2.28. The maximum absolute atomic E-state index is 11.8. The van der Waals surface area contributed by atoms with E-state index in [2.05, 4.69) is 10.6 Å². The Hall–Kier alpha value is -2.61. The van der Waals surface area contributed by atoms with Gasteiger partial charge in [-0.05, 0) is 17.5 Å². The summed E-state index contributed by atoms with van der Waals surface area (Å²) in [4.78, 5) is 23.0. The maximum atomic E-state index is 11.8. The lowest BCUT2D eigenvalue weighted by Gasteiger charge is -2.10. The second kappa shape index (κ2) is 6.71. The zero-order valence-corrected chi connectivity index (χ0v) is 12.0. The first kappa shape index (κ1) is 14.8. The lowest BCUT2D eigenvalue weighted by molar-refractivity contribution is -0.384. The second-order valence-electron chi connectivity index (χ2n) is 4.03. The van der Waals surface area contributed by atoms with E-state index in [1.165, 1.54) is 25.3 Å². The smallest absolute Gasteiger partial charge is 0.319 e. The second-order valence-corrected chi connectivity index (χ2v) is 5.06. The molecular formula is C13H13N3O4S. The highest BCUT2D eigenvalue weighted by Crippen LogP contribution is 2.28. The number of nitro groups is 1. The average molecular weight is 307 g/mol. The van der Waals surface area contributed by atoms with Gasteiger partial charge >= 0.3 is 6.03 Å². The number of nitrogens with one attached hydrogen (secondary N) is 2. The van der Waals surface area contributed by atoms with Crippen LogP contribution in [0, 0.1) is 10.1 Å². The van der Waals surface area contributed by atoms with Crippen LogP contribution in [0.2, 0.25) is 0 Å². The van der Waals surface area contributed by atoms with Crippen molar-refractivity contribution in [2.45, 2.75) is 6.54 Å². The molecule has 2 N–H and O–H groups in total. The number of methoxy groups -OCH3 is 1. The van der Waals surface area contributed by atoms with E-state index < -0.39 is 11.0 Å². The molecule has 0 aliphatic heterocycles. The summed E-state index contributed by atoms with van der Waals surface area (Å²) >= 11 is 1.54. The van der Waals surface area contributed by atoms with Gasteiger partial charge in [0.25, 0.3) is 5.69 Å². The number of urea groups is 1. The number of hydrogen-bond acceptors (Lipinski definition) is 5. The van der Waals surface area contributed by atoms with Crippen LogP contribution in [0.3, 0.4) is 0 Å². The summed E-state index contributed by atoms with van der Waals surface area (Å²) in [5.74, 6) is 0.232. The first-order chi connectivity index (χ1) is 10.1. The van der Waals surface area contributed by atoms with Crippen molar-refractivity contribution >= 4 is 28.7 Å². The Balaban J connectivity index is 2.01. The average Bonchev–Trinajstić information content (AvgIpc) is 2.98. The van der Waals surface area contributed by atoms with Crippen LogP contribution in [0.5, 0.6) is 5.75 Å². The first-order valence-electron chi connectivity index (χ1n) is 6.00. The van der Waals surface area contributed by atoms with Gasteiger partial charge in [-0.1, -0.05) is 6.07 Å². The summed E-state index contributed by atoms with van der Waals surface area (Å²) in [6, 6.07) is 7.40. The largest absolute Gasteiger partial charge is 0.494 e. The van der Waals surface area contributed by atoms with Gasteiger partial charge in [-0.15, -0.1) is 11.3 Å². The molecule has 0 fully saturated rings. The van der Waals surface area contributed by atoms with Crippen molar-refractivity contribution in [3.63, 3.8) is 0 Å². The maximum Gasteiger partial charge on any atom is 0.319 e. The minimum atomic E-state index is -0.525. The van der Waals surface area contributed by atoms with Crippen molar-refractivity contribution in [2.24, 2.45) is 0 Å². The molecule has 0 radical (unpaired) electrons. The van der Waals surface area contributed by atoms with E-state index in [0.717, 1.165) is 4.88 Å². The minimum absolute atomic E-state index is 0.101. The van der Waals surface area contributed by atoms with Crippen LogP contribution in [-0.2, 0) is 6.54 Å². The van der Waals surface area contributed by atoms with Crippen molar-refractivity contribution < 1.29 is 14.5 Å². The number of benzene rings is 1. The molecule has 110 valence electrons. The molecule has 21 heavy (non-hydrogen) atoms. The Kier molecular flexibility index (Phi) is 4.72. The highest BCUT2D eigenvalue weighted by molar-refractivity contribution is 7.09. The van der Waals surface area contributed by atoms with Crippen molar-refractivity contribution in [1.29, 1.82) is 0 Å². The van der Waals surface area contributed by atoms with Gasteiger partial charge in [0.2, 0.25) is 0 Å². The van der Waals surface area contributed by atoms with E-state index in [1.54, 1.807) is 11.3 Å². The number of rotatable bonds is 5. The summed E-state index contributed by atoms with van der Waals surface area (Å²) < 4.78 is 5.04. The Morgan fingerprint density at radius 3 is 2.86 bits per heavy atom. The monoisotopic (exact) mass is 307 g/mol. The minimum Gasteiger partial charge on any atom is -0.494 e. The number of nitrogens with zero attached hydrogens (tertiary/aromatic N) is 1. The number of ether oxygens (including phenoxy) is 1. The molecule has 1 aromatic heterocycles. The zero-order chi connectivity index (χ0) is 15.2. The van der Waals surface area contributed by atoms with Crippen LogP contribution >= 0.6 is 11.3 Å². The van der Waals surface area contributed by atoms with Crippen LogP contribution in [-0.4, -0.2) is 18.1 Å². The van der Waals surface area contributed by atoms with Gasteiger partial charge in [0.05, 0.1) is 30.3 Å². The predicted octanol–water partition coefficient (Wildman–Crippen LogP) is 2.99. The highest BCUT2D eigenvalue weighted by atomic mass is 32.1. The van der Waals surface area contributed by atoms with Crippen LogP contribution in [0.4, 0.5) is 16.2 Å². The molecule has 1 aromatic carbocycles. The number of carbonyl (C=O) groups is 1. The van der Waals surface area contributed by atoms with Gasteiger partial charge in [0.15, 0.2) is 0 Å². The fourth-order valence-corrected chi connectivity index (χ4v) is 2.29. The molecule has 1 heterocycles. The van der Waals surface area contributed by atoms with E-state index in [-0.39, 0.29) is 11.4 Å². The highest BCUT2D eigenvalue weighted by Gasteiger charge is 2.13. The molecule has 2 aromatic rings. The van der Waals surface area contributed by atoms with Crippen LogP contribution in [0.15, 0.2) is 35.7 Å². The van der Waals surface area contributed by atoms with Gasteiger partial charge in [-0.3, -0.25) is 10.1 Å². The van der Waals surface area contributed by atoms with Gasteiger partial charge in [0.1, 0.15) is 5.75 Å². The number of nitro benzene ring substituents is 1. The molecule has 0 saturated carbocycles. The summed E-state index contributed by atoms with van der Waals surface area (Å²) in [5, 5.41) is 17.9. The molecule has 0 atom stereocenters. The normalized spacial score (nSPS) is 9.95. The molecular weight excluding hydrogens is 294 g/mol. The number of anilines is 1. The summed E-state index contributed by atoms with van der Waals surface area (Å²) in [6.07, 6.45) is 0. The number of amides is 2. The number of carbonyl (C=O) groups excluding carboxylic acids is 1. The number of hydrogen-bond donors (Lipinski definition) is 2. The Morgan fingerprint density at radius 1 is 1.43 bits per heavy atom. The lowest BCUT2D eigenvalue weighted by atomic mass is 10.2. The van der Waals surface area contributed by atoms with E-state index in [1.807, 2.05) is 17.5 Å². The summed E-state index contributed by atoms with van der Waals surface area (Å²) in [7, 11) is 1.38. The molecule has 0 aliphatic carbocycles. The van der Waals surface area contributed by atoms with Gasteiger partial charge in [-0.25, -0.2) is 4.79 Å². The van der Waals surface area contributed by atoms with Gasteiger partial charge < -0.3 is 15.4 Å². The SMILES string of the molecule is COc1cc([N+](=O)[O-])ccc1NC(=O)NCc1cccs1. The van der Waals surface area contributed by atoms with E-state index in [4.69, 9.17) is 4.74 Å². The quantitative estimate of drug-likeness (QED) is 0.656. The fraction of sp³-hybridized carbons (Fsp3) is 0.154. The van der Waals surface area contributed by atoms with Crippen LogP contribution in [0.25, 0.3) is 0 Å². The molecule has 0 spiro atoms. The van der Waals surface area contributed by atoms with E-state index >= 15 is 0 Å².